The van der Waals surface area contributed by atoms with Crippen LogP contribution in [0, 0.1) is 6.92 Å². The average Bonchev–Trinajstić information content (AvgIpc) is 2.22. The summed E-state index contributed by atoms with van der Waals surface area (Å²) in [6.07, 6.45) is 3.14. The van der Waals surface area contributed by atoms with Gasteiger partial charge in [0.2, 0.25) is 0 Å². The van der Waals surface area contributed by atoms with Crippen molar-refractivity contribution in [1.82, 2.24) is 4.98 Å². The first-order valence-electron chi connectivity index (χ1n) is 5.23. The number of pyridine rings is 1. The second-order valence-corrected chi connectivity index (χ2v) is 5.36. The van der Waals surface area contributed by atoms with Crippen molar-refractivity contribution in [2.24, 2.45) is 0 Å². The molecule has 0 spiro atoms. The molecule has 0 aliphatic carbocycles. The van der Waals surface area contributed by atoms with Gasteiger partial charge in [-0.25, -0.2) is 4.57 Å². The molecule has 0 unspecified atom stereocenters. The van der Waals surface area contributed by atoms with Crippen molar-refractivity contribution in [2.45, 2.75) is 27.4 Å². The van der Waals surface area contributed by atoms with Gasteiger partial charge in [0, 0.05) is 17.3 Å². The third-order valence-electron chi connectivity index (χ3n) is 2.18. The predicted octanol–water partition coefficient (Wildman–Crippen LogP) is 2.13. The predicted molar refractivity (Wildman–Crippen MR) is 66.8 cm³/mol. The molecule has 6 nitrogen and oxygen atoms in total. The minimum atomic E-state index is -4.54. The smallest absolute Gasteiger partial charge is 0.469 e. The SMILES string of the molecule is CC(C)=Cc1c(COP(=O)(O)O)cnc(C)c1O. The summed E-state index contributed by atoms with van der Waals surface area (Å²) in [4.78, 5) is 21.3. The van der Waals surface area contributed by atoms with Gasteiger partial charge in [-0.15, -0.1) is 0 Å². The Hall–Kier alpha value is -1.20. The van der Waals surface area contributed by atoms with Crippen LogP contribution in [0.2, 0.25) is 0 Å². The third-order valence-corrected chi connectivity index (χ3v) is 2.64. The van der Waals surface area contributed by atoms with Crippen molar-refractivity contribution in [2.75, 3.05) is 0 Å². The number of hydrogen-bond donors (Lipinski definition) is 3. The van der Waals surface area contributed by atoms with Crippen molar-refractivity contribution in [3.8, 4) is 5.75 Å². The molecule has 0 atom stereocenters. The van der Waals surface area contributed by atoms with Gasteiger partial charge in [-0.2, -0.15) is 0 Å². The average molecular weight is 273 g/mol. The van der Waals surface area contributed by atoms with Gasteiger partial charge >= 0.3 is 7.82 Å². The fourth-order valence-corrected chi connectivity index (χ4v) is 1.68. The Kier molecular flexibility index (Phi) is 4.65. The first-order valence-corrected chi connectivity index (χ1v) is 6.76. The summed E-state index contributed by atoms with van der Waals surface area (Å²) in [6.45, 7) is 5.03. The van der Waals surface area contributed by atoms with E-state index in [4.69, 9.17) is 9.79 Å². The molecule has 7 heteroatoms. The topological polar surface area (TPSA) is 99.9 Å². The molecule has 0 fully saturated rings. The maximum atomic E-state index is 10.7. The molecule has 18 heavy (non-hydrogen) atoms. The number of hydrogen-bond acceptors (Lipinski definition) is 4. The van der Waals surface area contributed by atoms with E-state index in [0.29, 0.717) is 16.8 Å². The van der Waals surface area contributed by atoms with E-state index >= 15 is 0 Å². The lowest BCUT2D eigenvalue weighted by atomic mass is 10.1. The highest BCUT2D eigenvalue weighted by Gasteiger charge is 2.17. The van der Waals surface area contributed by atoms with Crippen LogP contribution in [-0.4, -0.2) is 19.9 Å². The van der Waals surface area contributed by atoms with Crippen molar-refractivity contribution in [1.29, 1.82) is 0 Å². The van der Waals surface area contributed by atoms with Gasteiger partial charge in [0.1, 0.15) is 5.75 Å². The molecule has 0 aliphatic rings. The Balaban J connectivity index is 3.15. The number of aryl methyl sites for hydroxylation is 1. The van der Waals surface area contributed by atoms with E-state index in [2.05, 4.69) is 9.51 Å². The molecule has 0 amide bonds. The molecule has 1 aromatic heterocycles. The molecule has 1 aromatic rings. The Bertz CT molecular complexity index is 516. The molecule has 0 bridgehead atoms. The van der Waals surface area contributed by atoms with Gasteiger partial charge in [-0.3, -0.25) is 9.51 Å². The summed E-state index contributed by atoms with van der Waals surface area (Å²) in [7, 11) is -4.54. The fourth-order valence-electron chi connectivity index (χ4n) is 1.37. The summed E-state index contributed by atoms with van der Waals surface area (Å²) in [6, 6.07) is 0. The van der Waals surface area contributed by atoms with Crippen LogP contribution < -0.4 is 0 Å². The summed E-state index contributed by atoms with van der Waals surface area (Å²) < 4.78 is 15.1. The molecule has 1 heterocycles. The summed E-state index contributed by atoms with van der Waals surface area (Å²) in [5, 5.41) is 9.90. The quantitative estimate of drug-likeness (QED) is 0.727. The molecule has 0 aliphatic heterocycles. The van der Waals surface area contributed by atoms with E-state index in [1.807, 2.05) is 13.8 Å². The van der Waals surface area contributed by atoms with Gasteiger partial charge in [0.25, 0.3) is 0 Å². The maximum absolute atomic E-state index is 10.7. The van der Waals surface area contributed by atoms with E-state index in [1.54, 1.807) is 13.0 Å². The van der Waals surface area contributed by atoms with Gasteiger partial charge in [0.05, 0.1) is 12.3 Å². The Labute approximate surface area is 105 Å². The lowest BCUT2D eigenvalue weighted by molar-refractivity contribution is 0.188. The van der Waals surface area contributed by atoms with E-state index in [0.717, 1.165) is 5.57 Å². The van der Waals surface area contributed by atoms with Crippen LogP contribution in [0.3, 0.4) is 0 Å². The van der Waals surface area contributed by atoms with Crippen molar-refractivity contribution in [3.05, 3.63) is 28.6 Å². The zero-order valence-corrected chi connectivity index (χ0v) is 11.3. The highest BCUT2D eigenvalue weighted by molar-refractivity contribution is 7.46. The molecule has 0 saturated heterocycles. The number of rotatable bonds is 4. The summed E-state index contributed by atoms with van der Waals surface area (Å²) in [5.74, 6) is -0.0111. The van der Waals surface area contributed by atoms with Crippen LogP contribution in [0.25, 0.3) is 6.08 Å². The first-order chi connectivity index (χ1) is 8.20. The number of phosphoric acid groups is 1. The van der Waals surface area contributed by atoms with Crippen molar-refractivity contribution >= 4 is 13.9 Å². The monoisotopic (exact) mass is 273 g/mol. The lowest BCUT2D eigenvalue weighted by Gasteiger charge is -2.11. The molecule has 0 radical (unpaired) electrons. The maximum Gasteiger partial charge on any atom is 0.469 e. The molecule has 0 saturated carbocycles. The Morgan fingerprint density at radius 1 is 1.50 bits per heavy atom. The largest absolute Gasteiger partial charge is 0.505 e. The lowest BCUT2D eigenvalue weighted by Crippen LogP contribution is -1.98. The van der Waals surface area contributed by atoms with Crippen LogP contribution in [0.5, 0.6) is 5.75 Å². The molecular formula is C11H16NO5P. The summed E-state index contributed by atoms with van der Waals surface area (Å²) >= 11 is 0. The third kappa shape index (κ3) is 4.23. The fraction of sp³-hybridized carbons (Fsp3) is 0.364. The van der Waals surface area contributed by atoms with E-state index in [1.165, 1.54) is 6.20 Å². The first kappa shape index (κ1) is 14.9. The van der Waals surface area contributed by atoms with Gasteiger partial charge in [0.15, 0.2) is 0 Å². The van der Waals surface area contributed by atoms with E-state index < -0.39 is 7.82 Å². The molecule has 100 valence electrons. The molecule has 3 N–H and O–H groups in total. The second kappa shape index (κ2) is 5.63. The second-order valence-electron chi connectivity index (χ2n) is 4.12. The van der Waals surface area contributed by atoms with Crippen molar-refractivity contribution < 1.29 is 24.0 Å². The van der Waals surface area contributed by atoms with Crippen molar-refractivity contribution in [3.63, 3.8) is 0 Å². The van der Waals surface area contributed by atoms with Crippen LogP contribution in [-0.2, 0) is 15.7 Å². The standard InChI is InChI=1S/C11H16NO5P/c1-7(2)4-10-9(6-17-18(14,15)16)5-12-8(3)11(10)13/h4-5,13H,6H2,1-3H3,(H2,14,15,16). The molecule has 1 rings (SSSR count). The number of phosphoric ester groups is 1. The minimum Gasteiger partial charge on any atom is -0.505 e. The molecular weight excluding hydrogens is 257 g/mol. The number of aromatic nitrogens is 1. The van der Waals surface area contributed by atoms with Crippen LogP contribution in [0.15, 0.2) is 11.8 Å². The number of allylic oxidation sites excluding steroid dienone is 1. The Morgan fingerprint density at radius 3 is 2.61 bits per heavy atom. The molecule has 0 aromatic carbocycles. The minimum absolute atomic E-state index is 0.0111. The van der Waals surface area contributed by atoms with Crippen LogP contribution in [0.4, 0.5) is 0 Å². The highest BCUT2D eigenvalue weighted by Crippen LogP contribution is 2.38. The normalized spacial score (nSPS) is 11.4. The Morgan fingerprint density at radius 2 is 2.11 bits per heavy atom. The number of aromatic hydroxyl groups is 1. The van der Waals surface area contributed by atoms with Gasteiger partial charge in [-0.05, 0) is 20.8 Å². The van der Waals surface area contributed by atoms with Gasteiger partial charge < -0.3 is 14.9 Å². The zero-order chi connectivity index (χ0) is 13.9. The van der Waals surface area contributed by atoms with Crippen LogP contribution in [0.1, 0.15) is 30.7 Å². The van der Waals surface area contributed by atoms with E-state index in [-0.39, 0.29) is 12.4 Å². The number of nitrogens with zero attached hydrogens (tertiary/aromatic N) is 1. The van der Waals surface area contributed by atoms with Gasteiger partial charge in [-0.1, -0.05) is 11.6 Å². The highest BCUT2D eigenvalue weighted by atomic mass is 31.2. The van der Waals surface area contributed by atoms with Crippen LogP contribution >= 0.6 is 7.82 Å². The van der Waals surface area contributed by atoms with E-state index in [9.17, 15) is 9.67 Å². The summed E-state index contributed by atoms with van der Waals surface area (Å²) in [5.41, 5.74) is 2.27. The zero-order valence-electron chi connectivity index (χ0n) is 10.4.